The molecule has 4 rings (SSSR count). The highest BCUT2D eigenvalue weighted by Crippen LogP contribution is 2.30. The van der Waals surface area contributed by atoms with E-state index in [2.05, 4.69) is 15.5 Å². The van der Waals surface area contributed by atoms with Crippen molar-refractivity contribution in [2.75, 3.05) is 5.32 Å². The number of benzene rings is 2. The van der Waals surface area contributed by atoms with Gasteiger partial charge >= 0.3 is 11.9 Å². The van der Waals surface area contributed by atoms with Crippen LogP contribution < -0.4 is 5.32 Å². The number of aromatic nitrogens is 2. The zero-order valence-electron chi connectivity index (χ0n) is 16.6. The molecule has 1 aromatic heterocycles. The largest absolute Gasteiger partial charge is 0.419 e. The monoisotopic (exact) mass is 405 g/mol. The Kier molecular flexibility index (Phi) is 4.83. The molecule has 3 aromatic rings. The van der Waals surface area contributed by atoms with Crippen LogP contribution in [-0.4, -0.2) is 27.9 Å². The maximum absolute atomic E-state index is 12.1. The Hall–Kier alpha value is -3.94. The van der Waals surface area contributed by atoms with Crippen LogP contribution in [0.15, 0.2) is 64.8 Å². The Bertz CT molecular complexity index is 1140. The number of hydrogen-bond donors (Lipinski definition) is 1. The molecule has 2 heterocycles. The quantitative estimate of drug-likeness (QED) is 0.397. The van der Waals surface area contributed by atoms with Gasteiger partial charge in [-0.1, -0.05) is 41.6 Å². The Balaban J connectivity index is 1.62. The van der Waals surface area contributed by atoms with Gasteiger partial charge in [0.2, 0.25) is 5.82 Å². The Morgan fingerprint density at radius 3 is 2.27 bits per heavy atom. The zero-order chi connectivity index (χ0) is 21.3. The smallest absolute Gasteiger partial charge is 0.350 e. The highest BCUT2D eigenvalue weighted by atomic mass is 16.7. The zero-order valence-corrected chi connectivity index (χ0v) is 16.6. The lowest BCUT2D eigenvalue weighted by Crippen LogP contribution is -2.42. The van der Waals surface area contributed by atoms with Crippen molar-refractivity contribution in [1.82, 2.24) is 10.1 Å². The van der Waals surface area contributed by atoms with Crippen LogP contribution in [0.3, 0.4) is 0 Å². The van der Waals surface area contributed by atoms with Crippen LogP contribution in [-0.2, 0) is 19.1 Å². The topological polar surface area (TPSA) is 104 Å². The van der Waals surface area contributed by atoms with E-state index >= 15 is 0 Å². The van der Waals surface area contributed by atoms with E-state index in [1.165, 1.54) is 20.0 Å². The van der Waals surface area contributed by atoms with E-state index in [1.807, 2.05) is 37.3 Å². The summed E-state index contributed by atoms with van der Waals surface area (Å²) in [4.78, 5) is 28.7. The number of carbonyl (C=O) groups excluding carboxylic acids is 2. The molecule has 30 heavy (non-hydrogen) atoms. The Morgan fingerprint density at radius 1 is 0.933 bits per heavy atom. The first-order valence-corrected chi connectivity index (χ1v) is 9.26. The molecule has 1 N–H and O–H groups in total. The SMILES string of the molecule is Cc1ccccc1-c1noc(-c2ccccc2NC=C2C(=O)OC(C)(C)OC2=O)n1. The van der Waals surface area contributed by atoms with E-state index in [4.69, 9.17) is 14.0 Å². The molecule has 1 aliphatic rings. The molecule has 1 aliphatic heterocycles. The third-order valence-electron chi connectivity index (χ3n) is 4.46. The van der Waals surface area contributed by atoms with Crippen LogP contribution in [0.2, 0.25) is 0 Å². The average Bonchev–Trinajstić information content (AvgIpc) is 3.17. The normalized spacial score (nSPS) is 15.4. The van der Waals surface area contributed by atoms with Gasteiger partial charge in [0.25, 0.3) is 11.7 Å². The molecule has 0 radical (unpaired) electrons. The average molecular weight is 405 g/mol. The van der Waals surface area contributed by atoms with E-state index in [9.17, 15) is 9.59 Å². The maximum Gasteiger partial charge on any atom is 0.350 e. The number of anilines is 1. The van der Waals surface area contributed by atoms with Crippen LogP contribution in [0.1, 0.15) is 19.4 Å². The lowest BCUT2D eigenvalue weighted by atomic mass is 10.1. The van der Waals surface area contributed by atoms with Crippen LogP contribution in [0.25, 0.3) is 22.8 Å². The standard InChI is InChI=1S/C22H19N3O5/c1-13-8-4-5-9-14(13)18-24-19(30-25-18)15-10-6-7-11-17(15)23-12-16-20(26)28-22(2,3)29-21(16)27/h4-12,23H,1-3H3. The van der Waals surface area contributed by atoms with Gasteiger partial charge in [0.05, 0.1) is 11.3 Å². The third kappa shape index (κ3) is 3.80. The van der Waals surface area contributed by atoms with Gasteiger partial charge in [0.15, 0.2) is 5.57 Å². The lowest BCUT2D eigenvalue weighted by Gasteiger charge is -2.29. The van der Waals surface area contributed by atoms with Gasteiger partial charge in [-0.2, -0.15) is 4.98 Å². The molecule has 0 amide bonds. The number of cyclic esters (lactones) is 2. The van der Waals surface area contributed by atoms with Crippen molar-refractivity contribution < 1.29 is 23.6 Å². The molecular weight excluding hydrogens is 386 g/mol. The number of esters is 2. The molecule has 0 bridgehead atoms. The summed E-state index contributed by atoms with van der Waals surface area (Å²) in [5, 5.41) is 7.02. The molecule has 8 heteroatoms. The number of hydrogen-bond acceptors (Lipinski definition) is 8. The lowest BCUT2D eigenvalue weighted by molar-refractivity contribution is -0.222. The number of carbonyl (C=O) groups is 2. The summed E-state index contributed by atoms with van der Waals surface area (Å²) in [6.45, 7) is 4.95. The summed E-state index contributed by atoms with van der Waals surface area (Å²) in [5.41, 5.74) is 2.83. The molecule has 0 unspecified atom stereocenters. The van der Waals surface area contributed by atoms with Gasteiger partial charge in [0.1, 0.15) is 0 Å². The van der Waals surface area contributed by atoms with Crippen molar-refractivity contribution in [1.29, 1.82) is 0 Å². The molecule has 152 valence electrons. The van der Waals surface area contributed by atoms with Crippen molar-refractivity contribution in [3.63, 3.8) is 0 Å². The molecule has 8 nitrogen and oxygen atoms in total. The fourth-order valence-corrected chi connectivity index (χ4v) is 2.99. The predicted octanol–water partition coefficient (Wildman–Crippen LogP) is 3.84. The molecule has 0 saturated carbocycles. The van der Waals surface area contributed by atoms with E-state index in [0.717, 1.165) is 11.1 Å². The fourth-order valence-electron chi connectivity index (χ4n) is 2.99. The number of rotatable bonds is 4. The fraction of sp³-hybridized carbons (Fsp3) is 0.182. The van der Waals surface area contributed by atoms with Gasteiger partial charge in [-0.25, -0.2) is 9.59 Å². The third-order valence-corrected chi connectivity index (χ3v) is 4.46. The van der Waals surface area contributed by atoms with Gasteiger partial charge in [-0.05, 0) is 24.6 Å². The summed E-state index contributed by atoms with van der Waals surface area (Å²) >= 11 is 0. The van der Waals surface area contributed by atoms with Crippen molar-refractivity contribution in [2.24, 2.45) is 0 Å². The van der Waals surface area contributed by atoms with E-state index in [-0.39, 0.29) is 5.57 Å². The summed E-state index contributed by atoms with van der Waals surface area (Å²) in [7, 11) is 0. The molecule has 0 aliphatic carbocycles. The number of nitrogens with one attached hydrogen (secondary N) is 1. The predicted molar refractivity (Wildman–Crippen MR) is 108 cm³/mol. The second kappa shape index (κ2) is 7.47. The van der Waals surface area contributed by atoms with Crippen LogP contribution in [0.4, 0.5) is 5.69 Å². The first-order valence-electron chi connectivity index (χ1n) is 9.26. The van der Waals surface area contributed by atoms with Crippen LogP contribution >= 0.6 is 0 Å². The van der Waals surface area contributed by atoms with Crippen molar-refractivity contribution >= 4 is 17.6 Å². The molecule has 1 fully saturated rings. The van der Waals surface area contributed by atoms with E-state index in [0.29, 0.717) is 23.0 Å². The van der Waals surface area contributed by atoms with E-state index < -0.39 is 17.7 Å². The summed E-state index contributed by atoms with van der Waals surface area (Å²) in [6.07, 6.45) is 1.25. The minimum Gasteiger partial charge on any atom is -0.419 e. The van der Waals surface area contributed by atoms with Crippen molar-refractivity contribution in [2.45, 2.75) is 26.6 Å². The van der Waals surface area contributed by atoms with Crippen LogP contribution in [0, 0.1) is 6.92 Å². The summed E-state index contributed by atoms with van der Waals surface area (Å²) in [6, 6.07) is 14.9. The second-order valence-electron chi connectivity index (χ2n) is 7.16. The van der Waals surface area contributed by atoms with Gasteiger partial charge in [-0.3, -0.25) is 0 Å². The summed E-state index contributed by atoms with van der Waals surface area (Å²) in [5.74, 6) is -2.05. The number of nitrogens with zero attached hydrogens (tertiary/aromatic N) is 2. The second-order valence-corrected chi connectivity index (χ2v) is 7.16. The molecule has 2 aromatic carbocycles. The molecule has 1 saturated heterocycles. The summed E-state index contributed by atoms with van der Waals surface area (Å²) < 4.78 is 15.6. The maximum atomic E-state index is 12.1. The first kappa shape index (κ1) is 19.4. The van der Waals surface area contributed by atoms with Crippen molar-refractivity contribution in [3.8, 4) is 22.8 Å². The minimum absolute atomic E-state index is 0.241. The Morgan fingerprint density at radius 2 is 1.57 bits per heavy atom. The van der Waals surface area contributed by atoms with Crippen LogP contribution in [0.5, 0.6) is 0 Å². The van der Waals surface area contributed by atoms with Gasteiger partial charge < -0.3 is 19.3 Å². The highest BCUT2D eigenvalue weighted by Gasteiger charge is 2.39. The Labute approximate surface area is 172 Å². The number of para-hydroxylation sites is 1. The first-order chi connectivity index (χ1) is 14.3. The molecule has 0 atom stereocenters. The minimum atomic E-state index is -1.29. The van der Waals surface area contributed by atoms with Gasteiger partial charge in [-0.15, -0.1) is 0 Å². The van der Waals surface area contributed by atoms with E-state index in [1.54, 1.807) is 18.2 Å². The van der Waals surface area contributed by atoms with Gasteiger partial charge in [0, 0.05) is 25.6 Å². The van der Waals surface area contributed by atoms with Crippen molar-refractivity contribution in [3.05, 3.63) is 65.9 Å². The highest BCUT2D eigenvalue weighted by molar-refractivity contribution is 6.15. The number of aryl methyl sites for hydroxylation is 1. The molecule has 0 spiro atoms. The molecular formula is C22H19N3O5. The number of ether oxygens (including phenoxy) is 2.